The van der Waals surface area contributed by atoms with Crippen LogP contribution in [0.25, 0.3) is 0 Å². The van der Waals surface area contributed by atoms with Crippen LogP contribution in [0.3, 0.4) is 0 Å². The van der Waals surface area contributed by atoms with Crippen molar-refractivity contribution in [2.75, 3.05) is 19.6 Å². The summed E-state index contributed by atoms with van der Waals surface area (Å²) in [6, 6.07) is 0.123. The van der Waals surface area contributed by atoms with E-state index < -0.39 is 0 Å². The number of aromatic nitrogens is 2. The third-order valence-electron chi connectivity index (χ3n) is 3.83. The van der Waals surface area contributed by atoms with Crippen LogP contribution in [-0.2, 0) is 4.79 Å². The Balaban J connectivity index is 1.75. The summed E-state index contributed by atoms with van der Waals surface area (Å²) in [6.07, 6.45) is 7.52. The van der Waals surface area contributed by atoms with Gasteiger partial charge < -0.3 is 10.2 Å². The maximum absolute atomic E-state index is 12.0. The van der Waals surface area contributed by atoms with Gasteiger partial charge in [-0.2, -0.15) is 0 Å². The fourth-order valence-electron chi connectivity index (χ4n) is 2.64. The average molecular weight is 276 g/mol. The van der Waals surface area contributed by atoms with Crippen LogP contribution in [-0.4, -0.2) is 40.4 Å². The lowest BCUT2D eigenvalue weighted by molar-refractivity contribution is -0.132. The summed E-state index contributed by atoms with van der Waals surface area (Å²) in [5, 5.41) is 3.36. The highest BCUT2D eigenvalue weighted by molar-refractivity contribution is 5.76. The highest BCUT2D eigenvalue weighted by Gasteiger charge is 2.16. The Hall–Kier alpha value is -1.49. The van der Waals surface area contributed by atoms with Gasteiger partial charge in [0.05, 0.1) is 11.4 Å². The molecule has 1 aliphatic rings. The molecule has 2 rings (SSSR count). The smallest absolute Gasteiger partial charge is 0.223 e. The molecule has 1 aromatic heterocycles. The zero-order chi connectivity index (χ0) is 14.4. The molecule has 5 heteroatoms. The van der Waals surface area contributed by atoms with Gasteiger partial charge in [-0.1, -0.05) is 0 Å². The van der Waals surface area contributed by atoms with Crippen molar-refractivity contribution in [3.8, 4) is 0 Å². The zero-order valence-corrected chi connectivity index (χ0v) is 12.4. The van der Waals surface area contributed by atoms with Crippen molar-refractivity contribution in [2.45, 2.75) is 45.6 Å². The molecule has 1 unspecified atom stereocenters. The summed E-state index contributed by atoms with van der Waals surface area (Å²) < 4.78 is 0. The van der Waals surface area contributed by atoms with Crippen LogP contribution in [0.15, 0.2) is 12.4 Å². The topological polar surface area (TPSA) is 58.1 Å². The van der Waals surface area contributed by atoms with Gasteiger partial charge in [0.1, 0.15) is 0 Å². The molecule has 2 heterocycles. The molecule has 0 spiro atoms. The van der Waals surface area contributed by atoms with E-state index in [0.717, 1.165) is 37.3 Å². The van der Waals surface area contributed by atoms with Gasteiger partial charge in [-0.05, 0) is 33.1 Å². The number of carbonyl (C=O) groups is 1. The number of amides is 1. The van der Waals surface area contributed by atoms with E-state index in [1.807, 2.05) is 11.8 Å². The molecule has 1 N–H and O–H groups in total. The van der Waals surface area contributed by atoms with Crippen molar-refractivity contribution in [3.05, 3.63) is 23.8 Å². The molecule has 0 radical (unpaired) electrons. The number of aryl methyl sites for hydroxylation is 1. The molecule has 1 aromatic rings. The predicted octanol–water partition coefficient (Wildman–Crippen LogP) is 1.84. The maximum Gasteiger partial charge on any atom is 0.223 e. The number of rotatable bonds is 5. The van der Waals surface area contributed by atoms with Crippen molar-refractivity contribution in [1.82, 2.24) is 20.2 Å². The van der Waals surface area contributed by atoms with Crippen molar-refractivity contribution in [2.24, 2.45) is 0 Å². The fraction of sp³-hybridized carbons (Fsp3) is 0.667. The van der Waals surface area contributed by atoms with E-state index in [0.29, 0.717) is 13.0 Å². The highest BCUT2D eigenvalue weighted by atomic mass is 16.2. The molecule has 0 saturated carbocycles. The first-order chi connectivity index (χ1) is 9.68. The predicted molar refractivity (Wildman–Crippen MR) is 78.2 cm³/mol. The van der Waals surface area contributed by atoms with E-state index >= 15 is 0 Å². The zero-order valence-electron chi connectivity index (χ0n) is 12.4. The first-order valence-electron chi connectivity index (χ1n) is 7.47. The van der Waals surface area contributed by atoms with E-state index in [9.17, 15) is 4.79 Å². The van der Waals surface area contributed by atoms with Crippen molar-refractivity contribution in [3.63, 3.8) is 0 Å². The molecular weight excluding hydrogens is 252 g/mol. The fourth-order valence-corrected chi connectivity index (χ4v) is 2.64. The lowest BCUT2D eigenvalue weighted by Crippen LogP contribution is -2.37. The molecule has 20 heavy (non-hydrogen) atoms. The SMILES string of the molecule is Cc1nccnc1C(C)NCCC(=O)N1CCCCC1. The number of hydrogen-bond acceptors (Lipinski definition) is 4. The minimum absolute atomic E-state index is 0.123. The number of nitrogens with zero attached hydrogens (tertiary/aromatic N) is 3. The Morgan fingerprint density at radius 3 is 2.70 bits per heavy atom. The standard InChI is InChI=1S/C15H24N4O/c1-12(15-13(2)17-8-9-18-15)16-7-6-14(20)19-10-4-3-5-11-19/h8-9,12,16H,3-7,10-11H2,1-2H3. The summed E-state index contributed by atoms with van der Waals surface area (Å²) >= 11 is 0. The van der Waals surface area contributed by atoms with Crippen LogP contribution in [0, 0.1) is 6.92 Å². The summed E-state index contributed by atoms with van der Waals surface area (Å²) in [6.45, 7) is 6.56. The molecule has 1 saturated heterocycles. The van der Waals surface area contributed by atoms with E-state index in [1.54, 1.807) is 12.4 Å². The van der Waals surface area contributed by atoms with Crippen molar-refractivity contribution >= 4 is 5.91 Å². The summed E-state index contributed by atoms with van der Waals surface area (Å²) in [4.78, 5) is 22.6. The van der Waals surface area contributed by atoms with Gasteiger partial charge in [-0.25, -0.2) is 0 Å². The number of nitrogens with one attached hydrogen (secondary N) is 1. The van der Waals surface area contributed by atoms with Gasteiger partial charge in [-0.3, -0.25) is 14.8 Å². The normalized spacial score (nSPS) is 17.0. The van der Waals surface area contributed by atoms with E-state index in [1.165, 1.54) is 6.42 Å². The second-order valence-corrected chi connectivity index (χ2v) is 5.39. The highest BCUT2D eigenvalue weighted by Crippen LogP contribution is 2.12. The quantitative estimate of drug-likeness (QED) is 0.891. The van der Waals surface area contributed by atoms with Gasteiger partial charge in [0.2, 0.25) is 5.91 Å². The Morgan fingerprint density at radius 1 is 1.30 bits per heavy atom. The van der Waals surface area contributed by atoms with Crippen LogP contribution >= 0.6 is 0 Å². The molecule has 1 amide bonds. The van der Waals surface area contributed by atoms with Gasteiger partial charge >= 0.3 is 0 Å². The van der Waals surface area contributed by atoms with E-state index in [4.69, 9.17) is 0 Å². The van der Waals surface area contributed by atoms with Crippen LogP contribution in [0.4, 0.5) is 0 Å². The summed E-state index contributed by atoms with van der Waals surface area (Å²) in [7, 11) is 0. The van der Waals surface area contributed by atoms with Gasteiger partial charge in [0.25, 0.3) is 0 Å². The lowest BCUT2D eigenvalue weighted by Gasteiger charge is -2.27. The van der Waals surface area contributed by atoms with Crippen molar-refractivity contribution < 1.29 is 4.79 Å². The second kappa shape index (κ2) is 7.33. The van der Waals surface area contributed by atoms with Gasteiger partial charge in [0, 0.05) is 44.5 Å². The molecule has 1 aliphatic heterocycles. The van der Waals surface area contributed by atoms with Gasteiger partial charge in [0.15, 0.2) is 0 Å². The molecular formula is C15H24N4O. The minimum Gasteiger partial charge on any atom is -0.343 e. The van der Waals surface area contributed by atoms with Crippen molar-refractivity contribution in [1.29, 1.82) is 0 Å². The first kappa shape index (κ1) is 14.9. The average Bonchev–Trinajstić information content (AvgIpc) is 2.48. The van der Waals surface area contributed by atoms with Crippen LogP contribution < -0.4 is 5.32 Å². The Morgan fingerprint density at radius 2 is 2.00 bits per heavy atom. The maximum atomic E-state index is 12.0. The number of hydrogen-bond donors (Lipinski definition) is 1. The lowest BCUT2D eigenvalue weighted by atomic mass is 10.1. The van der Waals surface area contributed by atoms with Crippen LogP contribution in [0.5, 0.6) is 0 Å². The summed E-state index contributed by atoms with van der Waals surface area (Å²) in [5.74, 6) is 0.264. The Bertz CT molecular complexity index is 443. The van der Waals surface area contributed by atoms with Gasteiger partial charge in [-0.15, -0.1) is 0 Å². The van der Waals surface area contributed by atoms with E-state index in [-0.39, 0.29) is 11.9 Å². The first-order valence-corrected chi connectivity index (χ1v) is 7.47. The molecule has 0 bridgehead atoms. The largest absolute Gasteiger partial charge is 0.343 e. The van der Waals surface area contributed by atoms with E-state index in [2.05, 4.69) is 22.2 Å². The summed E-state index contributed by atoms with van der Waals surface area (Å²) in [5.41, 5.74) is 1.90. The number of piperidine rings is 1. The molecule has 1 fully saturated rings. The molecule has 5 nitrogen and oxygen atoms in total. The van der Waals surface area contributed by atoms with Crippen LogP contribution in [0.2, 0.25) is 0 Å². The molecule has 0 aromatic carbocycles. The second-order valence-electron chi connectivity index (χ2n) is 5.39. The molecule has 110 valence electrons. The number of carbonyl (C=O) groups excluding carboxylic acids is 1. The Kier molecular flexibility index (Phi) is 5.47. The monoisotopic (exact) mass is 276 g/mol. The Labute approximate surface area is 120 Å². The minimum atomic E-state index is 0.123. The molecule has 0 aliphatic carbocycles. The number of likely N-dealkylation sites (tertiary alicyclic amines) is 1. The third kappa shape index (κ3) is 4.00. The van der Waals surface area contributed by atoms with Crippen LogP contribution in [0.1, 0.15) is 50.0 Å². The molecule has 1 atom stereocenters. The third-order valence-corrected chi connectivity index (χ3v) is 3.83.